The van der Waals surface area contributed by atoms with Gasteiger partial charge in [-0.1, -0.05) is 37.3 Å². The average Bonchev–Trinajstić information content (AvgIpc) is 2.47. The highest BCUT2D eigenvalue weighted by Gasteiger charge is 2.32. The van der Waals surface area contributed by atoms with E-state index in [0.717, 1.165) is 32.1 Å². The van der Waals surface area contributed by atoms with E-state index in [1.165, 1.54) is 24.8 Å². The Labute approximate surface area is 111 Å². The zero-order valence-corrected chi connectivity index (χ0v) is 11.4. The number of hydrogen-bond donors (Lipinski definition) is 1. The molecule has 2 heteroatoms. The molecule has 1 aromatic rings. The molecule has 1 aliphatic heterocycles. The summed E-state index contributed by atoms with van der Waals surface area (Å²) >= 11 is 0. The third-order valence-corrected chi connectivity index (χ3v) is 4.47. The maximum atomic E-state index is 6.14. The Morgan fingerprint density at radius 1 is 1.22 bits per heavy atom. The summed E-state index contributed by atoms with van der Waals surface area (Å²) in [5.74, 6) is 0.766. The van der Waals surface area contributed by atoms with Crippen LogP contribution in [0.2, 0.25) is 0 Å². The first-order valence-electron chi connectivity index (χ1n) is 7.14. The lowest BCUT2D eigenvalue weighted by Crippen LogP contribution is -2.37. The lowest BCUT2D eigenvalue weighted by atomic mass is 9.70. The molecule has 2 nitrogen and oxygen atoms in total. The van der Waals surface area contributed by atoms with Crippen LogP contribution in [0, 0.1) is 5.92 Å². The second kappa shape index (κ2) is 6.35. The highest BCUT2D eigenvalue weighted by molar-refractivity contribution is 5.26. The van der Waals surface area contributed by atoms with Crippen LogP contribution in [-0.4, -0.2) is 19.8 Å². The Balaban J connectivity index is 2.15. The molecular weight excluding hydrogens is 222 g/mol. The Morgan fingerprint density at radius 3 is 2.44 bits per heavy atom. The van der Waals surface area contributed by atoms with Crippen molar-refractivity contribution in [2.45, 2.75) is 38.0 Å². The molecular formula is C16H25NO. The van der Waals surface area contributed by atoms with Crippen LogP contribution in [-0.2, 0) is 10.2 Å². The van der Waals surface area contributed by atoms with Gasteiger partial charge in [-0.05, 0) is 37.2 Å². The van der Waals surface area contributed by atoms with Crippen LogP contribution >= 0.6 is 0 Å². The zero-order valence-electron chi connectivity index (χ0n) is 11.4. The highest BCUT2D eigenvalue weighted by Crippen LogP contribution is 2.36. The van der Waals surface area contributed by atoms with E-state index in [2.05, 4.69) is 37.3 Å². The minimum absolute atomic E-state index is 0.156. The second-order valence-corrected chi connectivity index (χ2v) is 5.46. The van der Waals surface area contributed by atoms with E-state index in [1.54, 1.807) is 0 Å². The Morgan fingerprint density at radius 2 is 1.89 bits per heavy atom. The maximum absolute atomic E-state index is 6.14. The molecule has 1 aromatic carbocycles. The minimum Gasteiger partial charge on any atom is -0.381 e. The van der Waals surface area contributed by atoms with E-state index in [4.69, 9.17) is 10.5 Å². The summed E-state index contributed by atoms with van der Waals surface area (Å²) in [6.45, 7) is 4.84. The standard InChI is InChI=1S/C16H25NO/c1-2-16(13-17,15-6-4-3-5-7-15)12-14-8-10-18-11-9-14/h3-7,14H,2,8-13,17H2,1H3. The summed E-state index contributed by atoms with van der Waals surface area (Å²) in [7, 11) is 0. The van der Waals surface area contributed by atoms with Gasteiger partial charge in [-0.15, -0.1) is 0 Å². The van der Waals surface area contributed by atoms with Gasteiger partial charge >= 0.3 is 0 Å². The summed E-state index contributed by atoms with van der Waals surface area (Å²) in [6.07, 6.45) is 4.70. The van der Waals surface area contributed by atoms with Gasteiger partial charge in [-0.3, -0.25) is 0 Å². The highest BCUT2D eigenvalue weighted by atomic mass is 16.5. The molecule has 0 amide bonds. The fraction of sp³-hybridized carbons (Fsp3) is 0.625. The molecule has 100 valence electrons. The molecule has 0 radical (unpaired) electrons. The second-order valence-electron chi connectivity index (χ2n) is 5.46. The first-order valence-corrected chi connectivity index (χ1v) is 7.14. The number of rotatable bonds is 5. The van der Waals surface area contributed by atoms with E-state index < -0.39 is 0 Å². The first-order chi connectivity index (χ1) is 8.80. The van der Waals surface area contributed by atoms with Crippen LogP contribution in [0.15, 0.2) is 30.3 Å². The van der Waals surface area contributed by atoms with Gasteiger partial charge in [0.1, 0.15) is 0 Å². The molecule has 1 fully saturated rings. The zero-order chi connectivity index (χ0) is 12.8. The van der Waals surface area contributed by atoms with Gasteiger partial charge in [0, 0.05) is 25.2 Å². The number of ether oxygens (including phenoxy) is 1. The smallest absolute Gasteiger partial charge is 0.0468 e. The van der Waals surface area contributed by atoms with Gasteiger partial charge < -0.3 is 10.5 Å². The van der Waals surface area contributed by atoms with E-state index in [0.29, 0.717) is 0 Å². The molecule has 1 atom stereocenters. The fourth-order valence-corrected chi connectivity index (χ4v) is 3.11. The van der Waals surface area contributed by atoms with Gasteiger partial charge in [-0.2, -0.15) is 0 Å². The molecule has 0 spiro atoms. The van der Waals surface area contributed by atoms with E-state index in [-0.39, 0.29) is 5.41 Å². The molecule has 0 aliphatic carbocycles. The van der Waals surface area contributed by atoms with E-state index in [9.17, 15) is 0 Å². The van der Waals surface area contributed by atoms with Crippen molar-refractivity contribution >= 4 is 0 Å². The third-order valence-electron chi connectivity index (χ3n) is 4.47. The fourth-order valence-electron chi connectivity index (χ4n) is 3.11. The predicted octanol–water partition coefficient (Wildman–Crippen LogP) is 3.11. The van der Waals surface area contributed by atoms with Crippen LogP contribution in [0.1, 0.15) is 38.2 Å². The van der Waals surface area contributed by atoms with E-state index in [1.807, 2.05) is 0 Å². The van der Waals surface area contributed by atoms with Crippen molar-refractivity contribution in [2.75, 3.05) is 19.8 Å². The van der Waals surface area contributed by atoms with Gasteiger partial charge in [0.2, 0.25) is 0 Å². The number of hydrogen-bond acceptors (Lipinski definition) is 2. The van der Waals surface area contributed by atoms with Crippen LogP contribution in [0.4, 0.5) is 0 Å². The Hall–Kier alpha value is -0.860. The molecule has 1 saturated heterocycles. The van der Waals surface area contributed by atoms with Crippen LogP contribution in [0.25, 0.3) is 0 Å². The van der Waals surface area contributed by atoms with Gasteiger partial charge in [0.05, 0.1) is 0 Å². The van der Waals surface area contributed by atoms with Crippen molar-refractivity contribution in [3.63, 3.8) is 0 Å². The van der Waals surface area contributed by atoms with Crippen LogP contribution in [0.3, 0.4) is 0 Å². The summed E-state index contributed by atoms with van der Waals surface area (Å²) in [5, 5.41) is 0. The minimum atomic E-state index is 0.156. The number of nitrogens with two attached hydrogens (primary N) is 1. The molecule has 18 heavy (non-hydrogen) atoms. The SMILES string of the molecule is CCC(CN)(CC1CCOCC1)c1ccccc1. The molecule has 2 rings (SSSR count). The lowest BCUT2D eigenvalue weighted by molar-refractivity contribution is 0.0556. The Kier molecular flexibility index (Phi) is 4.79. The van der Waals surface area contributed by atoms with Crippen molar-refractivity contribution in [2.24, 2.45) is 11.7 Å². The quantitative estimate of drug-likeness (QED) is 0.867. The maximum Gasteiger partial charge on any atom is 0.0468 e. The Bertz CT molecular complexity index is 339. The summed E-state index contributed by atoms with van der Waals surface area (Å²) in [4.78, 5) is 0. The largest absolute Gasteiger partial charge is 0.381 e. The third kappa shape index (κ3) is 2.93. The first kappa shape index (κ1) is 13.6. The molecule has 2 N–H and O–H groups in total. The lowest BCUT2D eigenvalue weighted by Gasteiger charge is -2.37. The van der Waals surface area contributed by atoms with E-state index >= 15 is 0 Å². The molecule has 1 aliphatic rings. The molecule has 0 aromatic heterocycles. The average molecular weight is 247 g/mol. The van der Waals surface area contributed by atoms with Crippen molar-refractivity contribution in [1.82, 2.24) is 0 Å². The van der Waals surface area contributed by atoms with Gasteiger partial charge in [-0.25, -0.2) is 0 Å². The summed E-state index contributed by atoms with van der Waals surface area (Å²) in [6, 6.07) is 10.8. The van der Waals surface area contributed by atoms with Gasteiger partial charge in [0.25, 0.3) is 0 Å². The molecule has 0 bridgehead atoms. The molecule has 1 unspecified atom stereocenters. The van der Waals surface area contributed by atoms with Crippen molar-refractivity contribution < 1.29 is 4.74 Å². The van der Waals surface area contributed by atoms with Crippen LogP contribution < -0.4 is 5.73 Å². The monoisotopic (exact) mass is 247 g/mol. The predicted molar refractivity (Wildman–Crippen MR) is 75.6 cm³/mol. The normalized spacial score (nSPS) is 20.6. The topological polar surface area (TPSA) is 35.2 Å². The summed E-state index contributed by atoms with van der Waals surface area (Å²) < 4.78 is 5.46. The van der Waals surface area contributed by atoms with Gasteiger partial charge in [0.15, 0.2) is 0 Å². The number of benzene rings is 1. The summed E-state index contributed by atoms with van der Waals surface area (Å²) in [5.41, 5.74) is 7.70. The van der Waals surface area contributed by atoms with Crippen molar-refractivity contribution in [1.29, 1.82) is 0 Å². The molecule has 1 heterocycles. The van der Waals surface area contributed by atoms with Crippen molar-refractivity contribution in [3.8, 4) is 0 Å². The molecule has 0 saturated carbocycles. The van der Waals surface area contributed by atoms with Crippen molar-refractivity contribution in [3.05, 3.63) is 35.9 Å². The van der Waals surface area contributed by atoms with Crippen LogP contribution in [0.5, 0.6) is 0 Å².